The second-order valence-corrected chi connectivity index (χ2v) is 6.08. The van der Waals surface area contributed by atoms with Crippen LogP contribution in [0.5, 0.6) is 0 Å². The van der Waals surface area contributed by atoms with Gasteiger partial charge in [-0.3, -0.25) is 4.79 Å². The Hall–Kier alpha value is -0.530. The summed E-state index contributed by atoms with van der Waals surface area (Å²) in [6, 6.07) is 0. The Balaban J connectivity index is 1.93. The van der Waals surface area contributed by atoms with E-state index in [2.05, 4.69) is 6.92 Å². The molecule has 2 unspecified atom stereocenters. The van der Waals surface area contributed by atoms with Gasteiger partial charge >= 0.3 is 5.97 Å². The lowest BCUT2D eigenvalue weighted by atomic mass is 9.66. The molecule has 2 saturated carbocycles. The summed E-state index contributed by atoms with van der Waals surface area (Å²) < 4.78 is 0. The van der Waals surface area contributed by atoms with Gasteiger partial charge in [-0.2, -0.15) is 0 Å². The minimum absolute atomic E-state index is 0.0353. The third-order valence-corrected chi connectivity index (χ3v) is 5.21. The first-order valence-electron chi connectivity index (χ1n) is 7.45. The fourth-order valence-corrected chi connectivity index (χ4v) is 4.06. The van der Waals surface area contributed by atoms with Crippen molar-refractivity contribution < 1.29 is 9.90 Å². The lowest BCUT2D eigenvalue weighted by Crippen LogP contribution is -2.34. The van der Waals surface area contributed by atoms with E-state index in [1.165, 1.54) is 44.9 Å². The third kappa shape index (κ3) is 3.02. The van der Waals surface area contributed by atoms with Crippen LogP contribution in [-0.4, -0.2) is 11.1 Å². The van der Waals surface area contributed by atoms with Crippen LogP contribution in [-0.2, 0) is 4.79 Å². The lowest BCUT2D eigenvalue weighted by molar-refractivity contribution is -0.146. The Morgan fingerprint density at radius 3 is 2.29 bits per heavy atom. The van der Waals surface area contributed by atoms with Crippen molar-refractivity contribution >= 4 is 5.97 Å². The SMILES string of the molecule is CCC1CCC(C2CCCCC2C(=O)O)CC1. The van der Waals surface area contributed by atoms with Crippen molar-refractivity contribution in [2.75, 3.05) is 0 Å². The van der Waals surface area contributed by atoms with Crippen molar-refractivity contribution in [2.24, 2.45) is 23.7 Å². The minimum Gasteiger partial charge on any atom is -0.481 e. The summed E-state index contributed by atoms with van der Waals surface area (Å²) in [7, 11) is 0. The molecular formula is C15H26O2. The van der Waals surface area contributed by atoms with E-state index in [1.807, 2.05) is 0 Å². The molecule has 2 fully saturated rings. The molecule has 0 radical (unpaired) electrons. The van der Waals surface area contributed by atoms with Gasteiger partial charge in [-0.05, 0) is 43.4 Å². The Morgan fingerprint density at radius 2 is 1.71 bits per heavy atom. The van der Waals surface area contributed by atoms with Crippen LogP contribution in [0.4, 0.5) is 0 Å². The molecule has 0 saturated heterocycles. The maximum atomic E-state index is 11.3. The molecule has 2 aliphatic rings. The van der Waals surface area contributed by atoms with E-state index in [-0.39, 0.29) is 5.92 Å². The van der Waals surface area contributed by atoms with Gasteiger partial charge < -0.3 is 5.11 Å². The highest BCUT2D eigenvalue weighted by atomic mass is 16.4. The van der Waals surface area contributed by atoms with Crippen LogP contribution in [0, 0.1) is 23.7 Å². The van der Waals surface area contributed by atoms with E-state index >= 15 is 0 Å². The van der Waals surface area contributed by atoms with E-state index in [0.29, 0.717) is 11.8 Å². The average Bonchev–Trinajstić information content (AvgIpc) is 2.39. The van der Waals surface area contributed by atoms with Gasteiger partial charge in [0.05, 0.1) is 5.92 Å². The van der Waals surface area contributed by atoms with Gasteiger partial charge in [0.15, 0.2) is 0 Å². The first kappa shape index (κ1) is 12.9. The first-order valence-corrected chi connectivity index (χ1v) is 7.45. The van der Waals surface area contributed by atoms with E-state index in [9.17, 15) is 9.90 Å². The van der Waals surface area contributed by atoms with Crippen LogP contribution >= 0.6 is 0 Å². The predicted molar refractivity (Wildman–Crippen MR) is 68.8 cm³/mol. The quantitative estimate of drug-likeness (QED) is 0.804. The van der Waals surface area contributed by atoms with E-state index in [4.69, 9.17) is 0 Å². The van der Waals surface area contributed by atoms with Crippen molar-refractivity contribution in [2.45, 2.75) is 64.7 Å². The molecule has 2 atom stereocenters. The lowest BCUT2D eigenvalue weighted by Gasteiger charge is -2.38. The summed E-state index contributed by atoms with van der Waals surface area (Å²) in [6.07, 6.45) is 11.0. The van der Waals surface area contributed by atoms with Gasteiger partial charge in [0.1, 0.15) is 0 Å². The minimum atomic E-state index is -0.535. The van der Waals surface area contributed by atoms with Gasteiger partial charge in [0.2, 0.25) is 0 Å². The molecule has 98 valence electrons. The summed E-state index contributed by atoms with van der Waals surface area (Å²) in [5, 5.41) is 9.34. The summed E-state index contributed by atoms with van der Waals surface area (Å²) in [4.78, 5) is 11.3. The largest absolute Gasteiger partial charge is 0.481 e. The highest BCUT2D eigenvalue weighted by Gasteiger charge is 2.37. The zero-order valence-electron chi connectivity index (χ0n) is 11.0. The van der Waals surface area contributed by atoms with Crippen molar-refractivity contribution in [3.8, 4) is 0 Å². The zero-order valence-corrected chi connectivity index (χ0v) is 11.0. The fraction of sp³-hybridized carbons (Fsp3) is 0.933. The molecule has 0 aliphatic heterocycles. The fourth-order valence-electron chi connectivity index (χ4n) is 4.06. The number of carbonyl (C=O) groups is 1. The van der Waals surface area contributed by atoms with Crippen molar-refractivity contribution in [1.29, 1.82) is 0 Å². The number of hydrogen-bond donors (Lipinski definition) is 1. The molecule has 0 aromatic carbocycles. The number of carboxylic acid groups (broad SMARTS) is 1. The van der Waals surface area contributed by atoms with Gasteiger partial charge in [0.25, 0.3) is 0 Å². The number of rotatable bonds is 3. The standard InChI is InChI=1S/C15H26O2/c1-2-11-7-9-12(10-8-11)13-5-3-4-6-14(13)15(16)17/h11-14H,2-10H2,1H3,(H,16,17). The van der Waals surface area contributed by atoms with Crippen molar-refractivity contribution in [3.05, 3.63) is 0 Å². The first-order chi connectivity index (χ1) is 8.22. The smallest absolute Gasteiger partial charge is 0.306 e. The Morgan fingerprint density at radius 1 is 1.06 bits per heavy atom. The molecule has 0 bridgehead atoms. The molecule has 0 aromatic heterocycles. The molecular weight excluding hydrogens is 212 g/mol. The average molecular weight is 238 g/mol. The maximum absolute atomic E-state index is 11.3. The van der Waals surface area contributed by atoms with Crippen LogP contribution in [0.15, 0.2) is 0 Å². The van der Waals surface area contributed by atoms with Crippen molar-refractivity contribution in [1.82, 2.24) is 0 Å². The Kier molecular flexibility index (Phi) is 4.47. The van der Waals surface area contributed by atoms with Gasteiger partial charge in [0, 0.05) is 0 Å². The normalized spacial score (nSPS) is 38.9. The summed E-state index contributed by atoms with van der Waals surface area (Å²) in [5.74, 6) is 1.54. The van der Waals surface area contributed by atoms with Crippen molar-refractivity contribution in [3.63, 3.8) is 0 Å². The maximum Gasteiger partial charge on any atom is 0.306 e. The monoisotopic (exact) mass is 238 g/mol. The molecule has 2 rings (SSSR count). The van der Waals surface area contributed by atoms with Crippen LogP contribution in [0.1, 0.15) is 64.7 Å². The van der Waals surface area contributed by atoms with Crippen LogP contribution in [0.3, 0.4) is 0 Å². The highest BCUT2D eigenvalue weighted by Crippen LogP contribution is 2.43. The predicted octanol–water partition coefficient (Wildman–Crippen LogP) is 4.09. The van der Waals surface area contributed by atoms with Gasteiger partial charge in [-0.15, -0.1) is 0 Å². The van der Waals surface area contributed by atoms with Gasteiger partial charge in [-0.1, -0.05) is 39.0 Å². The van der Waals surface area contributed by atoms with E-state index in [0.717, 1.165) is 18.8 Å². The Bertz CT molecular complexity index is 254. The van der Waals surface area contributed by atoms with Crippen LogP contribution < -0.4 is 0 Å². The molecule has 17 heavy (non-hydrogen) atoms. The Labute approximate surface area is 105 Å². The summed E-state index contributed by atoms with van der Waals surface area (Å²) in [5.41, 5.74) is 0. The van der Waals surface area contributed by atoms with Crippen LogP contribution in [0.25, 0.3) is 0 Å². The topological polar surface area (TPSA) is 37.3 Å². The molecule has 0 amide bonds. The second-order valence-electron chi connectivity index (χ2n) is 6.08. The third-order valence-electron chi connectivity index (χ3n) is 5.21. The summed E-state index contributed by atoms with van der Waals surface area (Å²) >= 11 is 0. The zero-order chi connectivity index (χ0) is 12.3. The molecule has 2 nitrogen and oxygen atoms in total. The summed E-state index contributed by atoms with van der Waals surface area (Å²) in [6.45, 7) is 2.28. The van der Waals surface area contributed by atoms with E-state index in [1.54, 1.807) is 0 Å². The molecule has 0 heterocycles. The molecule has 2 aliphatic carbocycles. The van der Waals surface area contributed by atoms with Crippen LogP contribution in [0.2, 0.25) is 0 Å². The second kappa shape index (κ2) is 5.88. The molecule has 0 spiro atoms. The molecule has 2 heteroatoms. The number of carboxylic acids is 1. The highest BCUT2D eigenvalue weighted by molar-refractivity contribution is 5.70. The van der Waals surface area contributed by atoms with Gasteiger partial charge in [-0.25, -0.2) is 0 Å². The molecule has 1 N–H and O–H groups in total. The molecule has 0 aromatic rings. The van der Waals surface area contributed by atoms with E-state index < -0.39 is 5.97 Å². The number of aliphatic carboxylic acids is 1. The number of hydrogen-bond acceptors (Lipinski definition) is 1.